The van der Waals surface area contributed by atoms with E-state index in [-0.39, 0.29) is 22.2 Å². The van der Waals surface area contributed by atoms with E-state index in [1.54, 1.807) is 42.2 Å². The highest BCUT2D eigenvalue weighted by Crippen LogP contribution is 2.31. The van der Waals surface area contributed by atoms with Gasteiger partial charge in [-0.25, -0.2) is 21.8 Å². The minimum Gasteiger partial charge on any atom is -0.345 e. The zero-order valence-electron chi connectivity index (χ0n) is 22.2. The monoisotopic (exact) mass is 598 g/mol. The number of carbonyl (C=O) groups excluding carboxylic acids is 1. The van der Waals surface area contributed by atoms with Gasteiger partial charge in [-0.3, -0.25) is 4.79 Å². The summed E-state index contributed by atoms with van der Waals surface area (Å²) in [6, 6.07) is 20.5. The number of rotatable bonds is 8. The van der Waals surface area contributed by atoms with Gasteiger partial charge in [0.25, 0.3) is 5.91 Å². The van der Waals surface area contributed by atoms with Gasteiger partial charge in [0.15, 0.2) is 15.0 Å². The van der Waals surface area contributed by atoms with Crippen LogP contribution >= 0.6 is 11.3 Å². The number of nitrogens with zero attached hydrogens (tertiary/aromatic N) is 4. The smallest absolute Gasteiger partial charge is 0.253 e. The lowest BCUT2D eigenvalue weighted by Crippen LogP contribution is -2.48. The number of fused-ring (bicyclic) bond motifs is 1. The Bertz CT molecular complexity index is 1730. The molecule has 0 spiro atoms. The quantitative estimate of drug-likeness (QED) is 0.303. The number of piperazine rings is 1. The first-order valence-corrected chi connectivity index (χ1v) is 17.0. The summed E-state index contributed by atoms with van der Waals surface area (Å²) in [6.45, 7) is 4.56. The van der Waals surface area contributed by atoms with Crippen LogP contribution in [0.1, 0.15) is 22.8 Å². The number of hydrogen-bond donors (Lipinski definition) is 0. The van der Waals surface area contributed by atoms with Gasteiger partial charge in [-0.15, -0.1) is 0 Å². The van der Waals surface area contributed by atoms with Crippen molar-refractivity contribution in [3.63, 3.8) is 0 Å². The van der Waals surface area contributed by atoms with Gasteiger partial charge in [0.1, 0.15) is 0 Å². The fourth-order valence-corrected chi connectivity index (χ4v) is 7.83. The number of carbonyl (C=O) groups is 1. The van der Waals surface area contributed by atoms with Gasteiger partial charge in [0.2, 0.25) is 10.0 Å². The third kappa shape index (κ3) is 5.90. The molecule has 5 rings (SSSR count). The van der Waals surface area contributed by atoms with Crippen LogP contribution in [0, 0.1) is 0 Å². The van der Waals surface area contributed by atoms with Crippen LogP contribution in [0.3, 0.4) is 0 Å². The molecular weight excluding hydrogens is 569 g/mol. The molecule has 0 atom stereocenters. The van der Waals surface area contributed by atoms with Crippen molar-refractivity contribution >= 4 is 52.5 Å². The van der Waals surface area contributed by atoms with E-state index in [0.717, 1.165) is 20.9 Å². The summed E-state index contributed by atoms with van der Waals surface area (Å²) in [6.07, 6.45) is 1.19. The summed E-state index contributed by atoms with van der Waals surface area (Å²) in [5.74, 6) is -0.151. The molecule has 1 fully saturated rings. The summed E-state index contributed by atoms with van der Waals surface area (Å²) in [4.78, 5) is 22.1. The molecule has 9 nitrogen and oxygen atoms in total. The van der Waals surface area contributed by atoms with E-state index < -0.39 is 19.9 Å². The molecule has 0 bridgehead atoms. The van der Waals surface area contributed by atoms with Gasteiger partial charge in [-0.1, -0.05) is 48.6 Å². The molecule has 0 unspecified atom stereocenters. The fraction of sp³-hybridized carbons (Fsp3) is 0.286. The predicted molar refractivity (Wildman–Crippen MR) is 157 cm³/mol. The normalized spacial score (nSPS) is 14.7. The molecule has 1 aliphatic heterocycles. The molecule has 1 saturated heterocycles. The van der Waals surface area contributed by atoms with E-state index in [4.69, 9.17) is 0 Å². The maximum absolute atomic E-state index is 13.2. The van der Waals surface area contributed by atoms with Crippen molar-refractivity contribution < 1.29 is 21.6 Å². The summed E-state index contributed by atoms with van der Waals surface area (Å²) in [7, 11) is -7.01. The molecule has 0 radical (unpaired) electrons. The van der Waals surface area contributed by atoms with E-state index in [9.17, 15) is 21.6 Å². The Hall–Kier alpha value is -3.32. The summed E-state index contributed by atoms with van der Waals surface area (Å²) in [5.41, 5.74) is 2.08. The zero-order valence-corrected chi connectivity index (χ0v) is 24.7. The molecule has 2 heterocycles. The van der Waals surface area contributed by atoms with Crippen molar-refractivity contribution in [2.45, 2.75) is 23.3 Å². The van der Waals surface area contributed by atoms with Crippen LogP contribution in [-0.4, -0.2) is 75.9 Å². The number of aromatic nitrogens is 1. The molecule has 1 aromatic heterocycles. The molecule has 0 N–H and O–H groups in total. The fourth-order valence-electron chi connectivity index (χ4n) is 4.61. The summed E-state index contributed by atoms with van der Waals surface area (Å²) < 4.78 is 52.5. The molecule has 3 aromatic carbocycles. The largest absolute Gasteiger partial charge is 0.345 e. The van der Waals surface area contributed by atoms with Crippen molar-refractivity contribution in [1.29, 1.82) is 0 Å². The number of sulfone groups is 1. The van der Waals surface area contributed by atoms with E-state index in [0.29, 0.717) is 38.3 Å². The molecule has 0 saturated carbocycles. The second kappa shape index (κ2) is 11.3. The maximum atomic E-state index is 13.2. The van der Waals surface area contributed by atoms with Crippen LogP contribution in [0.2, 0.25) is 0 Å². The van der Waals surface area contributed by atoms with Crippen LogP contribution in [0.15, 0.2) is 82.6 Å². The molecule has 12 heteroatoms. The Morgan fingerprint density at radius 1 is 0.900 bits per heavy atom. The number of amides is 1. The molecule has 0 aliphatic carbocycles. The van der Waals surface area contributed by atoms with Crippen LogP contribution in [-0.2, 0) is 26.4 Å². The highest BCUT2D eigenvalue weighted by atomic mass is 32.2. The van der Waals surface area contributed by atoms with Crippen LogP contribution in [0.5, 0.6) is 0 Å². The van der Waals surface area contributed by atoms with Gasteiger partial charge in [0, 0.05) is 51.1 Å². The third-order valence-electron chi connectivity index (χ3n) is 6.91. The highest BCUT2D eigenvalue weighted by molar-refractivity contribution is 7.90. The first kappa shape index (κ1) is 28.2. The molecule has 40 heavy (non-hydrogen) atoms. The summed E-state index contributed by atoms with van der Waals surface area (Å²) in [5, 5.41) is 0.790. The van der Waals surface area contributed by atoms with E-state index >= 15 is 0 Å². The number of sulfonamides is 1. The molecule has 4 aromatic rings. The van der Waals surface area contributed by atoms with Gasteiger partial charge in [-0.05, 0) is 48.0 Å². The van der Waals surface area contributed by atoms with E-state index in [2.05, 4.69) is 9.88 Å². The Labute approximate surface area is 238 Å². The van der Waals surface area contributed by atoms with Crippen molar-refractivity contribution in [3.8, 4) is 0 Å². The number of anilines is 1. The number of hydrogen-bond acceptors (Lipinski definition) is 8. The van der Waals surface area contributed by atoms with Crippen molar-refractivity contribution in [2.75, 3.05) is 43.9 Å². The SMILES string of the molecule is CCN(Cc1ccccc1)S(=O)(=O)c1ccc(C(=O)N2CCN(c3nc4ccc(S(C)(=O)=O)cc4s3)CC2)cc1. The topological polar surface area (TPSA) is 108 Å². The first-order valence-electron chi connectivity index (χ1n) is 12.9. The van der Waals surface area contributed by atoms with Crippen molar-refractivity contribution in [3.05, 3.63) is 83.9 Å². The molecule has 1 aliphatic rings. The number of benzene rings is 3. The van der Waals surface area contributed by atoms with E-state index in [1.807, 2.05) is 30.3 Å². The summed E-state index contributed by atoms with van der Waals surface area (Å²) >= 11 is 1.43. The molecule has 210 valence electrons. The second-order valence-electron chi connectivity index (χ2n) is 9.62. The van der Waals surface area contributed by atoms with Crippen LogP contribution < -0.4 is 4.90 Å². The third-order valence-corrected chi connectivity index (χ3v) is 11.0. The Morgan fingerprint density at radius 3 is 2.17 bits per heavy atom. The number of thiazole rings is 1. The van der Waals surface area contributed by atoms with Gasteiger partial charge >= 0.3 is 0 Å². The standard InChI is InChI=1S/C28H30N4O5S3/c1-3-32(20-21-7-5-4-6-8-21)40(36,37)23-11-9-22(10-12-23)27(33)30-15-17-31(18-16-30)28-29-25-14-13-24(39(2,34)35)19-26(25)38-28/h4-14,19H,3,15-18,20H2,1-2H3. The predicted octanol–water partition coefficient (Wildman–Crippen LogP) is 3.87. The lowest BCUT2D eigenvalue weighted by atomic mass is 10.2. The Balaban J connectivity index is 1.23. The van der Waals surface area contributed by atoms with Gasteiger partial charge < -0.3 is 9.80 Å². The maximum Gasteiger partial charge on any atom is 0.253 e. The first-order chi connectivity index (χ1) is 19.1. The lowest BCUT2D eigenvalue weighted by Gasteiger charge is -2.34. The second-order valence-corrected chi connectivity index (χ2v) is 14.6. The van der Waals surface area contributed by atoms with Gasteiger partial charge in [0.05, 0.1) is 20.0 Å². The average Bonchev–Trinajstić information content (AvgIpc) is 3.39. The lowest BCUT2D eigenvalue weighted by molar-refractivity contribution is 0.0746. The Morgan fingerprint density at radius 2 is 1.55 bits per heavy atom. The van der Waals surface area contributed by atoms with Gasteiger partial charge in [-0.2, -0.15) is 4.31 Å². The minimum atomic E-state index is -3.71. The average molecular weight is 599 g/mol. The van der Waals surface area contributed by atoms with E-state index in [1.165, 1.54) is 34.0 Å². The van der Waals surface area contributed by atoms with Crippen molar-refractivity contribution in [1.82, 2.24) is 14.2 Å². The minimum absolute atomic E-state index is 0.151. The molecular formula is C28H30N4O5S3. The van der Waals surface area contributed by atoms with Crippen LogP contribution in [0.25, 0.3) is 10.2 Å². The Kier molecular flexibility index (Phi) is 7.96. The zero-order chi connectivity index (χ0) is 28.5. The highest BCUT2D eigenvalue weighted by Gasteiger charge is 2.26. The molecule has 1 amide bonds. The van der Waals surface area contributed by atoms with Crippen molar-refractivity contribution in [2.24, 2.45) is 0 Å². The van der Waals surface area contributed by atoms with Crippen LogP contribution in [0.4, 0.5) is 5.13 Å².